The summed E-state index contributed by atoms with van der Waals surface area (Å²) < 4.78 is 5.29. The first-order chi connectivity index (χ1) is 8.25. The molecule has 96 valence electrons. The summed E-state index contributed by atoms with van der Waals surface area (Å²) in [5.74, 6) is 2.45. The summed E-state index contributed by atoms with van der Waals surface area (Å²) >= 11 is 0. The van der Waals surface area contributed by atoms with Gasteiger partial charge in [-0.1, -0.05) is 12.2 Å². The van der Waals surface area contributed by atoms with Crippen LogP contribution < -0.4 is 5.32 Å². The van der Waals surface area contributed by atoms with Crippen molar-refractivity contribution in [1.29, 1.82) is 0 Å². The van der Waals surface area contributed by atoms with Gasteiger partial charge in [0.1, 0.15) is 0 Å². The third kappa shape index (κ3) is 2.56. The Morgan fingerprint density at radius 3 is 2.71 bits per heavy atom. The van der Waals surface area contributed by atoms with Gasteiger partial charge in [0.15, 0.2) is 0 Å². The molecule has 0 unspecified atom stereocenters. The van der Waals surface area contributed by atoms with E-state index in [1.165, 1.54) is 12.8 Å². The summed E-state index contributed by atoms with van der Waals surface area (Å²) in [5, 5.41) is 13.8. The molecule has 3 nitrogen and oxygen atoms in total. The van der Waals surface area contributed by atoms with Crippen LogP contribution in [0, 0.1) is 17.8 Å². The maximum absolute atomic E-state index is 10.3. The second-order valence-corrected chi connectivity index (χ2v) is 6.01. The number of hydrogen-bond acceptors (Lipinski definition) is 3. The van der Waals surface area contributed by atoms with E-state index < -0.39 is 5.60 Å². The standard InChI is InChI=1S/C14H23NO2/c16-14(3-5-17-6-4-14)10-15-9-13-8-11-1-2-12(13)7-11/h1-2,11-13,15-16H,3-10H2/t11-,12-,13+/m0/s1. The van der Waals surface area contributed by atoms with Crippen LogP contribution in [0.2, 0.25) is 0 Å². The van der Waals surface area contributed by atoms with E-state index in [4.69, 9.17) is 4.74 Å². The zero-order valence-corrected chi connectivity index (χ0v) is 10.4. The molecular formula is C14H23NO2. The lowest BCUT2D eigenvalue weighted by Crippen LogP contribution is -2.46. The summed E-state index contributed by atoms with van der Waals surface area (Å²) in [7, 11) is 0. The van der Waals surface area contributed by atoms with E-state index in [0.717, 1.165) is 43.7 Å². The summed E-state index contributed by atoms with van der Waals surface area (Å²) in [6, 6.07) is 0. The van der Waals surface area contributed by atoms with Gasteiger partial charge in [-0.05, 0) is 37.1 Å². The first kappa shape index (κ1) is 11.7. The molecular weight excluding hydrogens is 214 g/mol. The van der Waals surface area contributed by atoms with Crippen molar-refractivity contribution in [2.45, 2.75) is 31.3 Å². The Morgan fingerprint density at radius 2 is 2.06 bits per heavy atom. The minimum Gasteiger partial charge on any atom is -0.388 e. The molecule has 0 aromatic carbocycles. The number of fused-ring (bicyclic) bond motifs is 2. The number of aliphatic hydroxyl groups is 1. The average Bonchev–Trinajstić information content (AvgIpc) is 2.92. The first-order valence-electron chi connectivity index (χ1n) is 6.94. The smallest absolute Gasteiger partial charge is 0.0815 e. The number of hydrogen-bond donors (Lipinski definition) is 2. The Morgan fingerprint density at radius 1 is 1.24 bits per heavy atom. The minimum absolute atomic E-state index is 0.522. The van der Waals surface area contributed by atoms with Crippen molar-refractivity contribution in [3.05, 3.63) is 12.2 Å². The maximum atomic E-state index is 10.3. The lowest BCUT2D eigenvalue weighted by atomic mass is 9.92. The summed E-state index contributed by atoms with van der Waals surface area (Å²) in [4.78, 5) is 0. The van der Waals surface area contributed by atoms with Crippen molar-refractivity contribution in [2.75, 3.05) is 26.3 Å². The van der Waals surface area contributed by atoms with E-state index in [1.807, 2.05) is 0 Å². The Labute approximate surface area is 103 Å². The van der Waals surface area contributed by atoms with E-state index in [2.05, 4.69) is 17.5 Å². The second kappa shape index (κ2) is 4.71. The third-order valence-electron chi connectivity index (χ3n) is 4.70. The molecule has 1 saturated heterocycles. The van der Waals surface area contributed by atoms with Crippen molar-refractivity contribution in [3.8, 4) is 0 Å². The highest BCUT2D eigenvalue weighted by Gasteiger charge is 2.36. The fourth-order valence-corrected chi connectivity index (χ4v) is 3.55. The van der Waals surface area contributed by atoms with E-state index in [0.29, 0.717) is 13.2 Å². The van der Waals surface area contributed by atoms with Crippen molar-refractivity contribution in [3.63, 3.8) is 0 Å². The summed E-state index contributed by atoms with van der Waals surface area (Å²) in [6.45, 7) is 3.20. The minimum atomic E-state index is -0.522. The SMILES string of the molecule is OC1(CNC[C@H]2C[C@H]3C=C[C@H]2C3)CCOCC1. The number of rotatable bonds is 4. The van der Waals surface area contributed by atoms with Gasteiger partial charge in [0.05, 0.1) is 5.60 Å². The molecule has 3 rings (SSSR count). The monoisotopic (exact) mass is 237 g/mol. The number of ether oxygens (including phenoxy) is 1. The van der Waals surface area contributed by atoms with Gasteiger partial charge >= 0.3 is 0 Å². The van der Waals surface area contributed by atoms with Gasteiger partial charge in [0.2, 0.25) is 0 Å². The number of nitrogens with one attached hydrogen (secondary N) is 1. The van der Waals surface area contributed by atoms with Crippen LogP contribution in [0.3, 0.4) is 0 Å². The van der Waals surface area contributed by atoms with Crippen LogP contribution in [-0.2, 0) is 4.74 Å². The molecule has 17 heavy (non-hydrogen) atoms. The van der Waals surface area contributed by atoms with E-state index >= 15 is 0 Å². The van der Waals surface area contributed by atoms with E-state index in [-0.39, 0.29) is 0 Å². The average molecular weight is 237 g/mol. The van der Waals surface area contributed by atoms with Gasteiger partial charge in [0.25, 0.3) is 0 Å². The van der Waals surface area contributed by atoms with Crippen molar-refractivity contribution < 1.29 is 9.84 Å². The molecule has 1 saturated carbocycles. The van der Waals surface area contributed by atoms with Gasteiger partial charge in [-0.15, -0.1) is 0 Å². The molecule has 1 heterocycles. The van der Waals surface area contributed by atoms with E-state index in [1.54, 1.807) is 0 Å². The van der Waals surface area contributed by atoms with Crippen LogP contribution in [0.5, 0.6) is 0 Å². The van der Waals surface area contributed by atoms with Crippen LogP contribution in [0.15, 0.2) is 12.2 Å². The molecule has 3 heteroatoms. The highest BCUT2D eigenvalue weighted by molar-refractivity contribution is 5.10. The zero-order chi connectivity index (χ0) is 11.7. The summed E-state index contributed by atoms with van der Waals surface area (Å²) in [6.07, 6.45) is 9.03. The lowest BCUT2D eigenvalue weighted by Gasteiger charge is -2.33. The molecule has 1 aliphatic heterocycles. The lowest BCUT2D eigenvalue weighted by molar-refractivity contribution is -0.0618. The highest BCUT2D eigenvalue weighted by Crippen LogP contribution is 2.42. The molecule has 0 aromatic heterocycles. The fraction of sp³-hybridized carbons (Fsp3) is 0.857. The second-order valence-electron chi connectivity index (χ2n) is 6.01. The molecule has 0 aromatic rings. The van der Waals surface area contributed by atoms with Crippen LogP contribution >= 0.6 is 0 Å². The van der Waals surface area contributed by atoms with Gasteiger partial charge in [-0.3, -0.25) is 0 Å². The van der Waals surface area contributed by atoms with E-state index in [9.17, 15) is 5.11 Å². The van der Waals surface area contributed by atoms with Crippen molar-refractivity contribution in [1.82, 2.24) is 5.32 Å². The molecule has 2 fully saturated rings. The number of allylic oxidation sites excluding steroid dienone is 2. The van der Waals surface area contributed by atoms with Crippen molar-refractivity contribution in [2.24, 2.45) is 17.8 Å². The Kier molecular flexibility index (Phi) is 3.24. The van der Waals surface area contributed by atoms with Gasteiger partial charge in [0, 0.05) is 32.6 Å². The van der Waals surface area contributed by atoms with Crippen LogP contribution in [0.1, 0.15) is 25.7 Å². The zero-order valence-electron chi connectivity index (χ0n) is 10.4. The quantitative estimate of drug-likeness (QED) is 0.725. The van der Waals surface area contributed by atoms with Crippen molar-refractivity contribution >= 4 is 0 Å². The fourth-order valence-electron chi connectivity index (χ4n) is 3.55. The molecule has 0 radical (unpaired) electrons. The van der Waals surface area contributed by atoms with Crippen LogP contribution in [-0.4, -0.2) is 37.0 Å². The Bertz CT molecular complexity index is 297. The predicted octanol–water partition coefficient (Wildman–Crippen LogP) is 1.33. The molecule has 2 bridgehead atoms. The predicted molar refractivity (Wildman–Crippen MR) is 66.7 cm³/mol. The maximum Gasteiger partial charge on any atom is 0.0815 e. The summed E-state index contributed by atoms with van der Waals surface area (Å²) in [5.41, 5.74) is -0.522. The largest absolute Gasteiger partial charge is 0.388 e. The topological polar surface area (TPSA) is 41.5 Å². The van der Waals surface area contributed by atoms with Gasteiger partial charge < -0.3 is 15.2 Å². The molecule has 2 N–H and O–H groups in total. The third-order valence-corrected chi connectivity index (χ3v) is 4.70. The molecule has 2 aliphatic carbocycles. The van der Waals surface area contributed by atoms with Crippen LogP contribution in [0.4, 0.5) is 0 Å². The van der Waals surface area contributed by atoms with Gasteiger partial charge in [-0.25, -0.2) is 0 Å². The molecule has 3 aliphatic rings. The normalized spacial score (nSPS) is 38.8. The molecule has 3 atom stereocenters. The Balaban J connectivity index is 1.41. The highest BCUT2D eigenvalue weighted by atomic mass is 16.5. The Hall–Kier alpha value is -0.380. The van der Waals surface area contributed by atoms with Crippen LogP contribution in [0.25, 0.3) is 0 Å². The molecule has 0 spiro atoms. The van der Waals surface area contributed by atoms with Gasteiger partial charge in [-0.2, -0.15) is 0 Å². The molecule has 0 amide bonds. The first-order valence-corrected chi connectivity index (χ1v) is 6.94.